The largest absolute Gasteiger partial charge is 0.306 e. The van der Waals surface area contributed by atoms with Gasteiger partial charge in [-0.3, -0.25) is 19.7 Å². The molecule has 1 N–H and O–H groups in total. The Balaban J connectivity index is 1.37. The minimum Gasteiger partial charge on any atom is -0.306 e. The van der Waals surface area contributed by atoms with Crippen molar-refractivity contribution in [1.82, 2.24) is 5.32 Å². The minimum absolute atomic E-state index is 0.183. The van der Waals surface area contributed by atoms with Gasteiger partial charge in [0.05, 0.1) is 24.1 Å². The number of rotatable bonds is 3. The van der Waals surface area contributed by atoms with Crippen LogP contribution in [0.2, 0.25) is 0 Å². The molecule has 0 radical (unpaired) electrons. The Morgan fingerprint density at radius 2 is 1.43 bits per heavy atom. The molecule has 0 aromatic heterocycles. The summed E-state index contributed by atoms with van der Waals surface area (Å²) in [4.78, 5) is 45.6. The number of nitrogens with one attached hydrogen (secondary N) is 1. The summed E-state index contributed by atoms with van der Waals surface area (Å²) in [7, 11) is 0. The van der Waals surface area contributed by atoms with E-state index in [1.54, 1.807) is 4.90 Å². The van der Waals surface area contributed by atoms with Crippen LogP contribution in [0.15, 0.2) is 97.1 Å². The Morgan fingerprint density at radius 3 is 2.27 bits per heavy atom. The Bertz CT molecular complexity index is 1590. The van der Waals surface area contributed by atoms with E-state index in [1.807, 2.05) is 104 Å². The van der Waals surface area contributed by atoms with Gasteiger partial charge >= 0.3 is 0 Å². The second kappa shape index (κ2) is 7.85. The van der Waals surface area contributed by atoms with Gasteiger partial charge in [0, 0.05) is 22.7 Å². The molecular weight excluding hydrogens is 462 g/mol. The first-order valence-corrected chi connectivity index (χ1v) is 12.6. The predicted octanol–water partition coefficient (Wildman–Crippen LogP) is 4.38. The fourth-order valence-corrected chi connectivity index (χ4v) is 6.67. The number of hydrogen-bond donors (Lipinski definition) is 1. The lowest BCUT2D eigenvalue weighted by molar-refractivity contribution is -0.132. The molecular formula is C31H25N3O3. The predicted molar refractivity (Wildman–Crippen MR) is 142 cm³/mol. The lowest BCUT2D eigenvalue weighted by Gasteiger charge is -2.30. The molecule has 3 aliphatic heterocycles. The summed E-state index contributed by atoms with van der Waals surface area (Å²) in [5, 5.41) is 5.26. The molecule has 1 spiro atoms. The van der Waals surface area contributed by atoms with E-state index >= 15 is 0 Å². The van der Waals surface area contributed by atoms with Crippen molar-refractivity contribution in [2.24, 2.45) is 11.8 Å². The zero-order chi connectivity index (χ0) is 25.3. The monoisotopic (exact) mass is 487 g/mol. The summed E-state index contributed by atoms with van der Waals surface area (Å²) in [6.07, 6.45) is 0. The van der Waals surface area contributed by atoms with Crippen molar-refractivity contribution in [2.45, 2.75) is 25.0 Å². The van der Waals surface area contributed by atoms with Gasteiger partial charge in [-0.2, -0.15) is 0 Å². The van der Waals surface area contributed by atoms with E-state index in [-0.39, 0.29) is 23.8 Å². The van der Waals surface area contributed by atoms with Crippen LogP contribution in [0.25, 0.3) is 10.8 Å². The van der Waals surface area contributed by atoms with Crippen LogP contribution < -0.4 is 15.1 Å². The number of amides is 3. The fraction of sp³-hybridized carbons (Fsp3) is 0.194. The van der Waals surface area contributed by atoms with Crippen molar-refractivity contribution in [2.75, 3.05) is 9.80 Å². The molecule has 0 bridgehead atoms. The number of carbonyl (C=O) groups is 3. The Labute approximate surface area is 214 Å². The van der Waals surface area contributed by atoms with Gasteiger partial charge in [0.1, 0.15) is 5.54 Å². The Morgan fingerprint density at radius 1 is 0.757 bits per heavy atom. The van der Waals surface area contributed by atoms with Crippen molar-refractivity contribution in [3.05, 3.63) is 108 Å². The molecule has 37 heavy (non-hydrogen) atoms. The van der Waals surface area contributed by atoms with Crippen molar-refractivity contribution >= 4 is 39.9 Å². The van der Waals surface area contributed by atoms with Crippen LogP contribution in [0.3, 0.4) is 0 Å². The quantitative estimate of drug-likeness (QED) is 0.436. The zero-order valence-electron chi connectivity index (χ0n) is 20.3. The van der Waals surface area contributed by atoms with E-state index in [0.717, 1.165) is 27.6 Å². The molecule has 0 unspecified atom stereocenters. The third-order valence-electron chi connectivity index (χ3n) is 8.20. The maximum atomic E-state index is 14.4. The number of fused-ring (bicyclic) bond motifs is 5. The van der Waals surface area contributed by atoms with E-state index in [2.05, 4.69) is 5.32 Å². The fourth-order valence-electron chi connectivity index (χ4n) is 6.67. The molecule has 4 atom stereocenters. The van der Waals surface area contributed by atoms with Crippen molar-refractivity contribution in [1.29, 1.82) is 0 Å². The van der Waals surface area contributed by atoms with E-state index in [9.17, 15) is 14.4 Å². The number of anilines is 2. The first kappa shape index (κ1) is 21.9. The van der Waals surface area contributed by atoms with Crippen LogP contribution in [0.1, 0.15) is 18.1 Å². The number of nitrogens with zero attached hydrogens (tertiary/aromatic N) is 2. The van der Waals surface area contributed by atoms with Crippen LogP contribution in [0, 0.1) is 11.8 Å². The smallest absolute Gasteiger partial charge is 0.253 e. The number of carbonyl (C=O) groups excluding carboxylic acids is 3. The number of benzene rings is 4. The SMILES string of the molecule is C[C@@H]1N[C@]2(C(=O)N(Cc3ccccc3)c3ccccc32)[C@@H]2C(=O)N(c3cccc4ccccc34)C(=O)[C@H]12. The highest BCUT2D eigenvalue weighted by atomic mass is 16.2. The van der Waals surface area contributed by atoms with E-state index in [1.165, 1.54) is 4.90 Å². The molecule has 4 aromatic carbocycles. The third kappa shape index (κ3) is 2.87. The highest BCUT2D eigenvalue weighted by molar-refractivity contribution is 6.28. The third-order valence-corrected chi connectivity index (χ3v) is 8.20. The Hall–Kier alpha value is -4.29. The average molecular weight is 488 g/mol. The van der Waals surface area contributed by atoms with Gasteiger partial charge in [-0.15, -0.1) is 0 Å². The van der Waals surface area contributed by atoms with Gasteiger partial charge in [0.15, 0.2) is 0 Å². The topological polar surface area (TPSA) is 69.7 Å². The molecule has 0 aliphatic carbocycles. The molecule has 6 nitrogen and oxygen atoms in total. The average Bonchev–Trinajstić information content (AvgIpc) is 3.47. The number of para-hydroxylation sites is 1. The van der Waals surface area contributed by atoms with E-state index < -0.39 is 17.4 Å². The summed E-state index contributed by atoms with van der Waals surface area (Å²) in [6.45, 7) is 2.29. The van der Waals surface area contributed by atoms with Gasteiger partial charge in [-0.05, 0) is 30.0 Å². The second-order valence-corrected chi connectivity index (χ2v) is 10.1. The highest BCUT2D eigenvalue weighted by Gasteiger charge is 2.71. The molecule has 6 heteroatoms. The molecule has 3 amide bonds. The summed E-state index contributed by atoms with van der Waals surface area (Å²) < 4.78 is 0. The molecule has 182 valence electrons. The van der Waals surface area contributed by atoms with Gasteiger partial charge in [-0.25, -0.2) is 4.90 Å². The standard InChI is InChI=1S/C31H25N3O3/c1-19-26-27(29(36)34(28(26)35)24-17-9-13-21-12-5-6-14-22(21)24)31(32-19)23-15-7-8-16-25(23)33(30(31)37)18-20-10-3-2-4-11-20/h2-17,19,26-27,32H,18H2,1H3/t19-,26+,27-,31-/m0/s1. The molecule has 2 saturated heterocycles. The first-order chi connectivity index (χ1) is 18.0. The summed E-state index contributed by atoms with van der Waals surface area (Å²) in [5.41, 5.74) is 1.82. The van der Waals surface area contributed by atoms with Gasteiger partial charge < -0.3 is 4.90 Å². The van der Waals surface area contributed by atoms with Crippen molar-refractivity contribution < 1.29 is 14.4 Å². The maximum Gasteiger partial charge on any atom is 0.253 e. The molecule has 3 heterocycles. The van der Waals surface area contributed by atoms with Gasteiger partial charge in [0.25, 0.3) is 5.91 Å². The lowest BCUT2D eigenvalue weighted by Crippen LogP contribution is -2.54. The summed E-state index contributed by atoms with van der Waals surface area (Å²) in [5.74, 6) is -2.23. The van der Waals surface area contributed by atoms with Crippen LogP contribution in [-0.4, -0.2) is 23.8 Å². The first-order valence-electron chi connectivity index (χ1n) is 12.6. The van der Waals surface area contributed by atoms with E-state index in [4.69, 9.17) is 0 Å². The summed E-state index contributed by atoms with van der Waals surface area (Å²) >= 11 is 0. The number of imide groups is 1. The zero-order valence-corrected chi connectivity index (χ0v) is 20.3. The second-order valence-electron chi connectivity index (χ2n) is 10.1. The Kier molecular flexibility index (Phi) is 4.66. The van der Waals surface area contributed by atoms with Gasteiger partial charge in [0.2, 0.25) is 11.8 Å². The molecule has 7 rings (SSSR count). The van der Waals surface area contributed by atoms with Crippen molar-refractivity contribution in [3.8, 4) is 0 Å². The molecule has 4 aromatic rings. The maximum absolute atomic E-state index is 14.4. The lowest BCUT2D eigenvalue weighted by atomic mass is 9.76. The van der Waals surface area contributed by atoms with Gasteiger partial charge in [-0.1, -0.05) is 84.9 Å². The molecule has 0 saturated carbocycles. The van der Waals surface area contributed by atoms with Crippen LogP contribution >= 0.6 is 0 Å². The van der Waals surface area contributed by atoms with Crippen LogP contribution in [0.5, 0.6) is 0 Å². The number of hydrogen-bond acceptors (Lipinski definition) is 4. The van der Waals surface area contributed by atoms with Crippen LogP contribution in [-0.2, 0) is 26.5 Å². The summed E-state index contributed by atoms with van der Waals surface area (Å²) in [6, 6.07) is 30.5. The minimum atomic E-state index is -1.29. The van der Waals surface area contributed by atoms with Crippen molar-refractivity contribution in [3.63, 3.8) is 0 Å². The highest BCUT2D eigenvalue weighted by Crippen LogP contribution is 2.55. The van der Waals surface area contributed by atoms with Crippen LogP contribution in [0.4, 0.5) is 11.4 Å². The molecule has 3 aliphatic rings. The normalized spacial score (nSPS) is 26.4. The molecule has 2 fully saturated rings. The van der Waals surface area contributed by atoms with E-state index in [0.29, 0.717) is 12.2 Å².